The summed E-state index contributed by atoms with van der Waals surface area (Å²) in [6.07, 6.45) is 2.78. The number of nitro benzene ring substituents is 1. The minimum absolute atomic E-state index is 0.0208. The molecule has 1 aromatic rings. The highest BCUT2D eigenvalue weighted by molar-refractivity contribution is 5.92. The van der Waals surface area contributed by atoms with E-state index in [0.29, 0.717) is 5.56 Å². The minimum atomic E-state index is -0.452. The molecule has 4 nitrogen and oxygen atoms in total. The standard InChI is InChI=1S/C11H11NO3/c1-8-3-5-10(6-4-9(2)13)11(7-8)12(14)15/h3-7H,1-2H3/b6-4+. The van der Waals surface area contributed by atoms with Gasteiger partial charge in [0.1, 0.15) is 0 Å². The number of carbonyl (C=O) groups excluding carboxylic acids is 1. The summed E-state index contributed by atoms with van der Waals surface area (Å²) in [6.45, 7) is 3.18. The molecule has 78 valence electrons. The van der Waals surface area contributed by atoms with Gasteiger partial charge in [0.25, 0.3) is 5.69 Å². The summed E-state index contributed by atoms with van der Waals surface area (Å²) in [6, 6.07) is 4.89. The van der Waals surface area contributed by atoms with Gasteiger partial charge in [-0.05, 0) is 37.6 Å². The molecule has 0 bridgehead atoms. The second-order valence-electron chi connectivity index (χ2n) is 3.26. The molecule has 0 N–H and O–H groups in total. The predicted octanol–water partition coefficient (Wildman–Crippen LogP) is 2.51. The van der Waals surface area contributed by atoms with E-state index < -0.39 is 4.92 Å². The van der Waals surface area contributed by atoms with Gasteiger partial charge in [0.05, 0.1) is 10.5 Å². The Bertz CT molecular complexity index is 435. The smallest absolute Gasteiger partial charge is 0.276 e. The number of ketones is 1. The van der Waals surface area contributed by atoms with E-state index in [1.54, 1.807) is 19.1 Å². The number of benzene rings is 1. The largest absolute Gasteiger partial charge is 0.295 e. The summed E-state index contributed by atoms with van der Waals surface area (Å²) in [5.74, 6) is -0.134. The van der Waals surface area contributed by atoms with Crippen molar-refractivity contribution in [3.8, 4) is 0 Å². The first-order valence-corrected chi connectivity index (χ1v) is 4.44. The van der Waals surface area contributed by atoms with Crippen LogP contribution in [0, 0.1) is 17.0 Å². The van der Waals surface area contributed by atoms with Crippen LogP contribution in [0.4, 0.5) is 5.69 Å². The zero-order chi connectivity index (χ0) is 11.4. The van der Waals surface area contributed by atoms with Crippen LogP contribution in [0.3, 0.4) is 0 Å². The van der Waals surface area contributed by atoms with Gasteiger partial charge in [-0.15, -0.1) is 0 Å². The molecular weight excluding hydrogens is 194 g/mol. The lowest BCUT2D eigenvalue weighted by Gasteiger charge is -1.98. The fourth-order valence-corrected chi connectivity index (χ4v) is 1.16. The van der Waals surface area contributed by atoms with Crippen molar-refractivity contribution >= 4 is 17.5 Å². The van der Waals surface area contributed by atoms with E-state index in [9.17, 15) is 14.9 Å². The quantitative estimate of drug-likeness (QED) is 0.432. The van der Waals surface area contributed by atoms with Gasteiger partial charge >= 0.3 is 0 Å². The van der Waals surface area contributed by atoms with Gasteiger partial charge in [0.15, 0.2) is 5.78 Å². The molecule has 0 unspecified atom stereocenters. The average Bonchev–Trinajstić information content (AvgIpc) is 2.15. The second-order valence-corrected chi connectivity index (χ2v) is 3.26. The number of rotatable bonds is 3. The second kappa shape index (κ2) is 4.50. The predicted molar refractivity (Wildman–Crippen MR) is 57.5 cm³/mol. The number of nitrogens with zero attached hydrogens (tertiary/aromatic N) is 1. The highest BCUT2D eigenvalue weighted by Gasteiger charge is 2.10. The molecule has 0 aromatic heterocycles. The number of aryl methyl sites for hydroxylation is 1. The van der Waals surface area contributed by atoms with Crippen molar-refractivity contribution in [2.45, 2.75) is 13.8 Å². The lowest BCUT2D eigenvalue weighted by molar-refractivity contribution is -0.385. The number of allylic oxidation sites excluding steroid dienone is 1. The molecule has 1 rings (SSSR count). The molecule has 0 radical (unpaired) electrons. The Kier molecular flexibility index (Phi) is 3.33. The molecule has 4 heteroatoms. The lowest BCUT2D eigenvalue weighted by atomic mass is 10.1. The third kappa shape index (κ3) is 3.02. The van der Waals surface area contributed by atoms with Crippen LogP contribution in [0.1, 0.15) is 18.1 Å². The molecule has 0 heterocycles. The maximum Gasteiger partial charge on any atom is 0.276 e. The molecule has 0 saturated carbocycles. The number of hydrogen-bond acceptors (Lipinski definition) is 3. The highest BCUT2D eigenvalue weighted by Crippen LogP contribution is 2.21. The summed E-state index contributed by atoms with van der Waals surface area (Å²) >= 11 is 0. The third-order valence-corrected chi connectivity index (χ3v) is 1.88. The van der Waals surface area contributed by atoms with Crippen molar-refractivity contribution in [3.05, 3.63) is 45.5 Å². The van der Waals surface area contributed by atoms with Crippen molar-refractivity contribution in [1.29, 1.82) is 0 Å². The Morgan fingerprint density at radius 1 is 1.47 bits per heavy atom. The number of carbonyl (C=O) groups is 1. The van der Waals surface area contributed by atoms with Crippen LogP contribution >= 0.6 is 0 Å². The first kappa shape index (κ1) is 11.1. The highest BCUT2D eigenvalue weighted by atomic mass is 16.6. The fraction of sp³-hybridized carbons (Fsp3) is 0.182. The summed E-state index contributed by atoms with van der Waals surface area (Å²) < 4.78 is 0. The van der Waals surface area contributed by atoms with Crippen LogP contribution in [0.25, 0.3) is 6.08 Å². The summed E-state index contributed by atoms with van der Waals surface area (Å²) in [7, 11) is 0. The van der Waals surface area contributed by atoms with E-state index in [1.165, 1.54) is 25.1 Å². The maximum absolute atomic E-state index is 10.7. The first-order chi connectivity index (χ1) is 7.00. The molecule has 0 saturated heterocycles. The molecule has 0 aliphatic rings. The molecule has 1 aromatic carbocycles. The van der Waals surface area contributed by atoms with Gasteiger partial charge < -0.3 is 0 Å². The third-order valence-electron chi connectivity index (χ3n) is 1.88. The van der Waals surface area contributed by atoms with E-state index in [1.807, 2.05) is 0 Å². The molecule has 0 atom stereocenters. The molecule has 0 aliphatic carbocycles. The van der Waals surface area contributed by atoms with Gasteiger partial charge in [-0.1, -0.05) is 6.07 Å². The van der Waals surface area contributed by atoms with E-state index >= 15 is 0 Å². The van der Waals surface area contributed by atoms with Crippen LogP contribution in [-0.4, -0.2) is 10.7 Å². The average molecular weight is 205 g/mol. The van der Waals surface area contributed by atoms with E-state index in [2.05, 4.69) is 0 Å². The van der Waals surface area contributed by atoms with E-state index in [0.717, 1.165) is 5.56 Å². The van der Waals surface area contributed by atoms with E-state index in [4.69, 9.17) is 0 Å². The topological polar surface area (TPSA) is 60.2 Å². The van der Waals surface area contributed by atoms with Gasteiger partial charge in [0, 0.05) is 6.07 Å². The Balaban J connectivity index is 3.17. The van der Waals surface area contributed by atoms with E-state index in [-0.39, 0.29) is 11.5 Å². The normalized spacial score (nSPS) is 10.5. The van der Waals surface area contributed by atoms with Crippen LogP contribution in [0.15, 0.2) is 24.3 Å². The fourth-order valence-electron chi connectivity index (χ4n) is 1.16. The zero-order valence-corrected chi connectivity index (χ0v) is 8.56. The Morgan fingerprint density at radius 2 is 2.13 bits per heavy atom. The van der Waals surface area contributed by atoms with Crippen molar-refractivity contribution in [2.24, 2.45) is 0 Å². The SMILES string of the molecule is CC(=O)/C=C/c1ccc(C)cc1[N+](=O)[O-]. The lowest BCUT2D eigenvalue weighted by Crippen LogP contribution is -1.92. The van der Waals surface area contributed by atoms with Gasteiger partial charge in [-0.2, -0.15) is 0 Å². The molecule has 15 heavy (non-hydrogen) atoms. The van der Waals surface area contributed by atoms with Crippen molar-refractivity contribution in [2.75, 3.05) is 0 Å². The Hall–Kier alpha value is -1.97. The Morgan fingerprint density at radius 3 is 2.67 bits per heavy atom. The summed E-state index contributed by atoms with van der Waals surface area (Å²) in [5, 5.41) is 10.7. The van der Waals surface area contributed by atoms with Crippen molar-refractivity contribution in [1.82, 2.24) is 0 Å². The van der Waals surface area contributed by atoms with Gasteiger partial charge in [-0.25, -0.2) is 0 Å². The van der Waals surface area contributed by atoms with Crippen LogP contribution in [-0.2, 0) is 4.79 Å². The molecule has 0 spiro atoms. The van der Waals surface area contributed by atoms with Gasteiger partial charge in [-0.3, -0.25) is 14.9 Å². The molecule has 0 fully saturated rings. The minimum Gasteiger partial charge on any atom is -0.295 e. The summed E-state index contributed by atoms with van der Waals surface area (Å²) in [5.41, 5.74) is 1.29. The molecular formula is C11H11NO3. The first-order valence-electron chi connectivity index (χ1n) is 4.44. The van der Waals surface area contributed by atoms with Crippen molar-refractivity contribution < 1.29 is 9.72 Å². The van der Waals surface area contributed by atoms with Crippen molar-refractivity contribution in [3.63, 3.8) is 0 Å². The number of hydrogen-bond donors (Lipinski definition) is 0. The molecule has 0 amide bonds. The van der Waals surface area contributed by atoms with Crippen LogP contribution in [0.2, 0.25) is 0 Å². The zero-order valence-electron chi connectivity index (χ0n) is 8.56. The summed E-state index contributed by atoms with van der Waals surface area (Å²) in [4.78, 5) is 21.0. The van der Waals surface area contributed by atoms with Crippen LogP contribution in [0.5, 0.6) is 0 Å². The Labute approximate surface area is 87.4 Å². The number of nitro groups is 1. The molecule has 0 aliphatic heterocycles. The van der Waals surface area contributed by atoms with Crippen LogP contribution < -0.4 is 0 Å². The van der Waals surface area contributed by atoms with Gasteiger partial charge in [0.2, 0.25) is 0 Å². The maximum atomic E-state index is 10.7. The monoisotopic (exact) mass is 205 g/mol.